The molecule has 3 rings (SSSR count). The van der Waals surface area contributed by atoms with Crippen LogP contribution in [0.3, 0.4) is 0 Å². The Labute approximate surface area is 118 Å². The summed E-state index contributed by atoms with van der Waals surface area (Å²) in [5.41, 5.74) is 6.91. The lowest BCUT2D eigenvalue weighted by molar-refractivity contribution is -0.0205. The number of nitrogens with zero attached hydrogens (tertiary/aromatic N) is 2. The van der Waals surface area contributed by atoms with Gasteiger partial charge in [-0.2, -0.15) is 0 Å². The molecule has 0 bridgehead atoms. The molecule has 1 saturated heterocycles. The summed E-state index contributed by atoms with van der Waals surface area (Å²) in [6, 6.07) is 0. The van der Waals surface area contributed by atoms with Gasteiger partial charge in [-0.1, -0.05) is 20.3 Å². The standard InChI is InChI=1S/C16H31N3/c1-15(2)6-3-7-16(15,13-17)19-10-8-18(9-11-19)12-14-4-5-14/h14H,3-13,17H2,1-2H3. The molecule has 0 aromatic heterocycles. The molecule has 2 saturated carbocycles. The van der Waals surface area contributed by atoms with Crippen LogP contribution in [0.25, 0.3) is 0 Å². The van der Waals surface area contributed by atoms with Crippen LogP contribution in [0.15, 0.2) is 0 Å². The lowest BCUT2D eigenvalue weighted by atomic mass is 9.73. The third kappa shape index (κ3) is 2.45. The molecule has 3 aliphatic rings. The Kier molecular flexibility index (Phi) is 3.65. The first kappa shape index (κ1) is 13.8. The highest BCUT2D eigenvalue weighted by Crippen LogP contribution is 2.49. The van der Waals surface area contributed by atoms with Crippen molar-refractivity contribution < 1.29 is 0 Å². The quantitative estimate of drug-likeness (QED) is 0.843. The molecule has 3 fully saturated rings. The molecule has 3 heteroatoms. The Morgan fingerprint density at radius 1 is 1.05 bits per heavy atom. The summed E-state index contributed by atoms with van der Waals surface area (Å²) in [6.07, 6.45) is 6.94. The van der Waals surface area contributed by atoms with Crippen molar-refractivity contribution in [1.29, 1.82) is 0 Å². The van der Waals surface area contributed by atoms with Gasteiger partial charge in [0.15, 0.2) is 0 Å². The second kappa shape index (κ2) is 5.01. The van der Waals surface area contributed by atoms with Crippen molar-refractivity contribution in [3.63, 3.8) is 0 Å². The minimum Gasteiger partial charge on any atom is -0.329 e. The van der Waals surface area contributed by atoms with Crippen LogP contribution in [0.1, 0.15) is 46.0 Å². The second-order valence-corrected chi connectivity index (χ2v) is 7.70. The molecule has 110 valence electrons. The van der Waals surface area contributed by atoms with Gasteiger partial charge in [0, 0.05) is 44.8 Å². The van der Waals surface area contributed by atoms with E-state index in [2.05, 4.69) is 23.6 Å². The monoisotopic (exact) mass is 265 g/mol. The van der Waals surface area contributed by atoms with Crippen LogP contribution >= 0.6 is 0 Å². The van der Waals surface area contributed by atoms with Gasteiger partial charge in [0.2, 0.25) is 0 Å². The van der Waals surface area contributed by atoms with Crippen LogP contribution < -0.4 is 5.73 Å². The van der Waals surface area contributed by atoms with Crippen molar-refractivity contribution in [2.45, 2.75) is 51.5 Å². The molecule has 0 aromatic carbocycles. The SMILES string of the molecule is CC1(C)CCCC1(CN)N1CCN(CC2CC2)CC1. The smallest absolute Gasteiger partial charge is 0.0383 e. The summed E-state index contributed by atoms with van der Waals surface area (Å²) in [5, 5.41) is 0. The highest BCUT2D eigenvalue weighted by atomic mass is 15.3. The summed E-state index contributed by atoms with van der Waals surface area (Å²) in [5.74, 6) is 1.03. The van der Waals surface area contributed by atoms with E-state index in [0.29, 0.717) is 5.41 Å². The summed E-state index contributed by atoms with van der Waals surface area (Å²) >= 11 is 0. The van der Waals surface area contributed by atoms with E-state index in [1.54, 1.807) is 0 Å². The highest BCUT2D eigenvalue weighted by Gasteiger charge is 2.51. The predicted molar refractivity (Wildman–Crippen MR) is 80.2 cm³/mol. The molecule has 19 heavy (non-hydrogen) atoms. The van der Waals surface area contributed by atoms with Gasteiger partial charge < -0.3 is 10.6 Å². The molecule has 0 aromatic rings. The zero-order valence-corrected chi connectivity index (χ0v) is 12.8. The van der Waals surface area contributed by atoms with Crippen LogP contribution in [-0.2, 0) is 0 Å². The molecule has 2 aliphatic carbocycles. The summed E-state index contributed by atoms with van der Waals surface area (Å²) < 4.78 is 0. The van der Waals surface area contributed by atoms with Gasteiger partial charge in [-0.15, -0.1) is 0 Å². The van der Waals surface area contributed by atoms with Gasteiger partial charge in [-0.3, -0.25) is 4.90 Å². The van der Waals surface area contributed by atoms with E-state index >= 15 is 0 Å². The summed E-state index contributed by atoms with van der Waals surface area (Å²) in [4.78, 5) is 5.42. The molecular formula is C16H31N3. The van der Waals surface area contributed by atoms with Gasteiger partial charge in [0.05, 0.1) is 0 Å². The molecule has 1 heterocycles. The first-order valence-electron chi connectivity index (χ1n) is 8.25. The van der Waals surface area contributed by atoms with Crippen LogP contribution in [0.5, 0.6) is 0 Å². The molecule has 1 aliphatic heterocycles. The highest BCUT2D eigenvalue weighted by molar-refractivity contribution is 5.08. The maximum absolute atomic E-state index is 6.25. The molecule has 0 radical (unpaired) electrons. The van der Waals surface area contributed by atoms with Gasteiger partial charge in [-0.25, -0.2) is 0 Å². The van der Waals surface area contributed by atoms with Crippen molar-refractivity contribution in [1.82, 2.24) is 9.80 Å². The number of hydrogen-bond donors (Lipinski definition) is 1. The minimum absolute atomic E-state index is 0.276. The average Bonchev–Trinajstić information content (AvgIpc) is 3.14. The predicted octanol–water partition coefficient (Wildman–Crippen LogP) is 1.92. The van der Waals surface area contributed by atoms with E-state index in [0.717, 1.165) is 12.5 Å². The van der Waals surface area contributed by atoms with E-state index in [4.69, 9.17) is 5.73 Å². The summed E-state index contributed by atoms with van der Waals surface area (Å²) in [7, 11) is 0. The maximum atomic E-state index is 6.25. The Balaban J connectivity index is 1.62. The third-order valence-electron chi connectivity index (χ3n) is 6.18. The van der Waals surface area contributed by atoms with Crippen LogP contribution in [0.2, 0.25) is 0 Å². The minimum atomic E-state index is 0.276. The van der Waals surface area contributed by atoms with E-state index in [9.17, 15) is 0 Å². The van der Waals surface area contributed by atoms with Crippen molar-refractivity contribution in [2.24, 2.45) is 17.1 Å². The lowest BCUT2D eigenvalue weighted by Gasteiger charge is -2.52. The number of hydrogen-bond acceptors (Lipinski definition) is 3. The lowest BCUT2D eigenvalue weighted by Crippen LogP contribution is -2.64. The van der Waals surface area contributed by atoms with E-state index in [1.165, 1.54) is 64.8 Å². The average molecular weight is 265 g/mol. The Hall–Kier alpha value is -0.120. The molecule has 1 atom stereocenters. The zero-order chi connectivity index (χ0) is 13.5. The first-order valence-corrected chi connectivity index (χ1v) is 8.25. The summed E-state index contributed by atoms with van der Waals surface area (Å²) in [6.45, 7) is 12.0. The molecule has 0 spiro atoms. The van der Waals surface area contributed by atoms with Crippen molar-refractivity contribution in [3.8, 4) is 0 Å². The number of nitrogens with two attached hydrogens (primary N) is 1. The van der Waals surface area contributed by atoms with Gasteiger partial charge in [0.25, 0.3) is 0 Å². The third-order valence-corrected chi connectivity index (χ3v) is 6.18. The van der Waals surface area contributed by atoms with Gasteiger partial charge in [0.1, 0.15) is 0 Å². The van der Waals surface area contributed by atoms with E-state index in [1.807, 2.05) is 0 Å². The van der Waals surface area contributed by atoms with Gasteiger partial charge >= 0.3 is 0 Å². The van der Waals surface area contributed by atoms with Gasteiger partial charge in [-0.05, 0) is 37.0 Å². The molecule has 0 amide bonds. The number of rotatable bonds is 4. The fourth-order valence-electron chi connectivity index (χ4n) is 4.51. The van der Waals surface area contributed by atoms with Crippen molar-refractivity contribution >= 4 is 0 Å². The van der Waals surface area contributed by atoms with Crippen LogP contribution in [-0.4, -0.2) is 54.6 Å². The molecule has 2 N–H and O–H groups in total. The van der Waals surface area contributed by atoms with E-state index in [-0.39, 0.29) is 5.54 Å². The van der Waals surface area contributed by atoms with Crippen LogP contribution in [0, 0.1) is 11.3 Å². The normalized spacial score (nSPS) is 36.8. The zero-order valence-electron chi connectivity index (χ0n) is 12.8. The number of piperazine rings is 1. The fraction of sp³-hybridized carbons (Fsp3) is 1.00. The Morgan fingerprint density at radius 3 is 2.21 bits per heavy atom. The second-order valence-electron chi connectivity index (χ2n) is 7.70. The molecule has 1 unspecified atom stereocenters. The first-order chi connectivity index (χ1) is 9.07. The van der Waals surface area contributed by atoms with E-state index < -0.39 is 0 Å². The molecular weight excluding hydrogens is 234 g/mol. The van der Waals surface area contributed by atoms with Crippen LogP contribution in [0.4, 0.5) is 0 Å². The Bertz CT molecular complexity index is 316. The molecule has 3 nitrogen and oxygen atoms in total. The fourth-order valence-corrected chi connectivity index (χ4v) is 4.51. The van der Waals surface area contributed by atoms with Crippen molar-refractivity contribution in [3.05, 3.63) is 0 Å². The largest absolute Gasteiger partial charge is 0.329 e. The van der Waals surface area contributed by atoms with Crippen molar-refractivity contribution in [2.75, 3.05) is 39.3 Å². The maximum Gasteiger partial charge on any atom is 0.0383 e. The topological polar surface area (TPSA) is 32.5 Å². The Morgan fingerprint density at radius 2 is 1.74 bits per heavy atom.